The average molecular weight is 266 g/mol. The summed E-state index contributed by atoms with van der Waals surface area (Å²) < 4.78 is 0. The van der Waals surface area contributed by atoms with Gasteiger partial charge in [0, 0.05) is 16.2 Å². The molecule has 0 aliphatic carbocycles. The van der Waals surface area contributed by atoms with Crippen molar-refractivity contribution in [2.75, 3.05) is 6.54 Å². The van der Waals surface area contributed by atoms with Gasteiger partial charge in [-0.1, -0.05) is 39.8 Å². The smallest absolute Gasteiger partial charge is 0.0338 e. The quantitative estimate of drug-likeness (QED) is 0.776. The Morgan fingerprint density at radius 1 is 1.06 bits per heavy atom. The summed E-state index contributed by atoms with van der Waals surface area (Å²) in [5, 5.41) is 0.608. The zero-order chi connectivity index (χ0) is 13.7. The first kappa shape index (κ1) is 15.5. The van der Waals surface area contributed by atoms with Gasteiger partial charge in [0.15, 0.2) is 0 Å². The van der Waals surface area contributed by atoms with Crippen LogP contribution < -0.4 is 11.5 Å². The maximum absolute atomic E-state index is 6.32. The zero-order valence-corrected chi connectivity index (χ0v) is 12.7. The summed E-state index contributed by atoms with van der Waals surface area (Å²) in [6.45, 7) is 9.41. The van der Waals surface area contributed by atoms with Crippen molar-refractivity contribution in [1.82, 2.24) is 0 Å². The highest BCUT2D eigenvalue weighted by Gasteiger charge is 2.21. The number of nitrogens with two attached hydrogens (primary N) is 2. The van der Waals surface area contributed by atoms with E-state index in [1.54, 1.807) is 0 Å². The number of benzene rings is 1. The van der Waals surface area contributed by atoms with Crippen LogP contribution in [0.5, 0.6) is 0 Å². The normalized spacial score (nSPS) is 15.1. The highest BCUT2D eigenvalue weighted by atomic mass is 32.2. The summed E-state index contributed by atoms with van der Waals surface area (Å²) in [6.07, 6.45) is 0. The third-order valence-corrected chi connectivity index (χ3v) is 4.24. The first-order valence-electron chi connectivity index (χ1n) is 6.68. The fourth-order valence-corrected chi connectivity index (χ4v) is 2.96. The van der Waals surface area contributed by atoms with Crippen molar-refractivity contribution in [3.8, 4) is 0 Å². The molecule has 2 unspecified atom stereocenters. The van der Waals surface area contributed by atoms with Gasteiger partial charge in [0.25, 0.3) is 0 Å². The summed E-state index contributed by atoms with van der Waals surface area (Å²) in [5.74, 6) is 0.850. The molecule has 3 heteroatoms. The molecular formula is C15H26N2S. The zero-order valence-electron chi connectivity index (χ0n) is 11.9. The van der Waals surface area contributed by atoms with E-state index in [1.165, 1.54) is 10.5 Å². The van der Waals surface area contributed by atoms with E-state index in [1.807, 2.05) is 11.8 Å². The van der Waals surface area contributed by atoms with Crippen LogP contribution >= 0.6 is 11.8 Å². The summed E-state index contributed by atoms with van der Waals surface area (Å²) in [6, 6.07) is 8.63. The van der Waals surface area contributed by atoms with Gasteiger partial charge in [0.2, 0.25) is 0 Å². The monoisotopic (exact) mass is 266 g/mol. The Balaban J connectivity index is 2.77. The largest absolute Gasteiger partial charge is 0.330 e. The van der Waals surface area contributed by atoms with Crippen LogP contribution in [0.15, 0.2) is 29.2 Å². The lowest BCUT2D eigenvalue weighted by Gasteiger charge is -2.26. The fourth-order valence-electron chi connectivity index (χ4n) is 2.12. The number of hydrogen-bond acceptors (Lipinski definition) is 3. The predicted octanol–water partition coefficient (Wildman–Crippen LogP) is 3.42. The van der Waals surface area contributed by atoms with Gasteiger partial charge in [-0.15, -0.1) is 11.8 Å². The van der Waals surface area contributed by atoms with E-state index < -0.39 is 0 Å². The molecule has 2 atom stereocenters. The Hall–Kier alpha value is -0.510. The molecule has 0 heterocycles. The van der Waals surface area contributed by atoms with Crippen LogP contribution in [0.3, 0.4) is 0 Å². The highest BCUT2D eigenvalue weighted by Crippen LogP contribution is 2.28. The standard InChI is InChI=1S/C15H26N2S/c1-10(2)14(9-16)15(17)12-5-7-13(8-6-12)18-11(3)4/h5-8,10-11,14-15H,9,16-17H2,1-4H3. The third kappa shape index (κ3) is 4.30. The first-order valence-corrected chi connectivity index (χ1v) is 7.56. The van der Waals surface area contributed by atoms with Crippen molar-refractivity contribution in [2.45, 2.75) is 43.9 Å². The molecule has 0 aromatic heterocycles. The van der Waals surface area contributed by atoms with Gasteiger partial charge < -0.3 is 11.5 Å². The SMILES string of the molecule is CC(C)Sc1ccc(C(N)C(CN)C(C)C)cc1. The van der Waals surface area contributed by atoms with E-state index >= 15 is 0 Å². The van der Waals surface area contributed by atoms with Crippen LogP contribution in [-0.4, -0.2) is 11.8 Å². The maximum Gasteiger partial charge on any atom is 0.0338 e. The summed E-state index contributed by atoms with van der Waals surface area (Å²) in [7, 11) is 0. The fraction of sp³-hybridized carbons (Fsp3) is 0.600. The van der Waals surface area contributed by atoms with E-state index in [0.29, 0.717) is 23.6 Å². The van der Waals surface area contributed by atoms with Crippen LogP contribution in [0.1, 0.15) is 39.3 Å². The lowest BCUT2D eigenvalue weighted by molar-refractivity contribution is 0.331. The molecule has 1 rings (SSSR count). The summed E-state index contributed by atoms with van der Waals surface area (Å²) >= 11 is 1.87. The molecule has 2 nitrogen and oxygen atoms in total. The predicted molar refractivity (Wildman–Crippen MR) is 81.7 cm³/mol. The maximum atomic E-state index is 6.32. The van der Waals surface area contributed by atoms with Crippen molar-refractivity contribution in [3.05, 3.63) is 29.8 Å². The molecule has 18 heavy (non-hydrogen) atoms. The highest BCUT2D eigenvalue weighted by molar-refractivity contribution is 7.99. The minimum atomic E-state index is 0.0353. The Bertz CT molecular complexity index is 346. The first-order chi connectivity index (χ1) is 8.45. The number of thioether (sulfide) groups is 1. The molecule has 0 fully saturated rings. The van der Waals surface area contributed by atoms with Crippen molar-refractivity contribution in [2.24, 2.45) is 23.3 Å². The van der Waals surface area contributed by atoms with Crippen LogP contribution in [0, 0.1) is 11.8 Å². The van der Waals surface area contributed by atoms with E-state index in [-0.39, 0.29) is 6.04 Å². The van der Waals surface area contributed by atoms with Gasteiger partial charge in [0.1, 0.15) is 0 Å². The van der Waals surface area contributed by atoms with Crippen LogP contribution in [0.25, 0.3) is 0 Å². The van der Waals surface area contributed by atoms with Gasteiger partial charge >= 0.3 is 0 Å². The lowest BCUT2D eigenvalue weighted by Crippen LogP contribution is -2.31. The molecule has 0 bridgehead atoms. The van der Waals surface area contributed by atoms with Gasteiger partial charge in [-0.25, -0.2) is 0 Å². The van der Waals surface area contributed by atoms with Gasteiger partial charge in [-0.05, 0) is 36.1 Å². The second-order valence-corrected chi connectivity index (χ2v) is 7.05. The lowest BCUT2D eigenvalue weighted by atomic mass is 9.85. The third-order valence-electron chi connectivity index (χ3n) is 3.23. The number of hydrogen-bond donors (Lipinski definition) is 2. The van der Waals surface area contributed by atoms with Crippen LogP contribution in [-0.2, 0) is 0 Å². The minimum Gasteiger partial charge on any atom is -0.330 e. The summed E-state index contributed by atoms with van der Waals surface area (Å²) in [4.78, 5) is 1.30. The Morgan fingerprint density at radius 2 is 1.61 bits per heavy atom. The topological polar surface area (TPSA) is 52.0 Å². The molecule has 0 aliphatic rings. The second-order valence-electron chi connectivity index (χ2n) is 5.40. The van der Waals surface area contributed by atoms with Crippen LogP contribution in [0.4, 0.5) is 0 Å². The van der Waals surface area contributed by atoms with E-state index in [2.05, 4.69) is 52.0 Å². The molecule has 0 radical (unpaired) electrons. The molecule has 102 valence electrons. The van der Waals surface area contributed by atoms with E-state index in [9.17, 15) is 0 Å². The molecule has 0 aliphatic heterocycles. The summed E-state index contributed by atoms with van der Waals surface area (Å²) in [5.41, 5.74) is 13.3. The van der Waals surface area contributed by atoms with Crippen molar-refractivity contribution in [1.29, 1.82) is 0 Å². The molecular weight excluding hydrogens is 240 g/mol. The molecule has 4 N–H and O–H groups in total. The Morgan fingerprint density at radius 3 is 2.00 bits per heavy atom. The number of rotatable bonds is 6. The van der Waals surface area contributed by atoms with Crippen LogP contribution in [0.2, 0.25) is 0 Å². The van der Waals surface area contributed by atoms with Crippen molar-refractivity contribution >= 4 is 11.8 Å². The van der Waals surface area contributed by atoms with Crippen molar-refractivity contribution < 1.29 is 0 Å². The average Bonchev–Trinajstić information content (AvgIpc) is 2.29. The van der Waals surface area contributed by atoms with Gasteiger partial charge in [0.05, 0.1) is 0 Å². The second kappa shape index (κ2) is 7.17. The minimum absolute atomic E-state index is 0.0353. The molecule has 0 saturated heterocycles. The Kier molecular flexibility index (Phi) is 6.19. The molecule has 0 spiro atoms. The molecule has 0 amide bonds. The molecule has 1 aromatic rings. The van der Waals surface area contributed by atoms with Gasteiger partial charge in [-0.2, -0.15) is 0 Å². The van der Waals surface area contributed by atoms with Gasteiger partial charge in [-0.3, -0.25) is 0 Å². The molecule has 1 aromatic carbocycles. The van der Waals surface area contributed by atoms with E-state index in [4.69, 9.17) is 11.5 Å². The van der Waals surface area contributed by atoms with Crippen molar-refractivity contribution in [3.63, 3.8) is 0 Å². The van der Waals surface area contributed by atoms with E-state index in [0.717, 1.165) is 0 Å². The molecule has 0 saturated carbocycles. The Labute approximate surface area is 116 Å².